The maximum atomic E-state index is 11.6. The van der Waals surface area contributed by atoms with E-state index in [-0.39, 0.29) is 36.2 Å². The summed E-state index contributed by atoms with van der Waals surface area (Å²) in [4.78, 5) is 21.9. The van der Waals surface area contributed by atoms with Crippen molar-refractivity contribution in [2.75, 3.05) is 18.9 Å². The van der Waals surface area contributed by atoms with Crippen molar-refractivity contribution in [1.29, 1.82) is 0 Å². The van der Waals surface area contributed by atoms with Gasteiger partial charge in [-0.25, -0.2) is 4.98 Å². The van der Waals surface area contributed by atoms with Crippen LogP contribution in [0.15, 0.2) is 11.1 Å². The molecular weight excluding hydrogens is 254 g/mol. The summed E-state index contributed by atoms with van der Waals surface area (Å²) in [5.41, 5.74) is 5.40. The number of nitrogens with zero attached hydrogens (tertiary/aromatic N) is 3. The van der Waals surface area contributed by atoms with Gasteiger partial charge in [-0.15, -0.1) is 0 Å². The third-order valence-corrected chi connectivity index (χ3v) is 3.22. The molecule has 1 saturated heterocycles. The molecule has 19 heavy (non-hydrogen) atoms. The van der Waals surface area contributed by atoms with Crippen molar-refractivity contribution in [1.82, 2.24) is 19.5 Å². The molecule has 1 fully saturated rings. The quantitative estimate of drug-likeness (QED) is 0.503. The fourth-order valence-electron chi connectivity index (χ4n) is 2.19. The van der Waals surface area contributed by atoms with Gasteiger partial charge in [0.25, 0.3) is 5.56 Å². The molecule has 102 valence electrons. The molecule has 9 heteroatoms. The Kier molecular flexibility index (Phi) is 2.73. The molecule has 0 aliphatic carbocycles. The van der Waals surface area contributed by atoms with Crippen molar-refractivity contribution >= 4 is 17.1 Å². The van der Waals surface area contributed by atoms with Crippen LogP contribution < -0.4 is 11.3 Å². The molecule has 0 spiro atoms. The molecule has 1 aliphatic rings. The van der Waals surface area contributed by atoms with Gasteiger partial charge in [-0.2, -0.15) is 4.98 Å². The van der Waals surface area contributed by atoms with Crippen LogP contribution in [0.3, 0.4) is 0 Å². The maximum absolute atomic E-state index is 11.6. The first kappa shape index (κ1) is 12.1. The molecule has 1 aliphatic heterocycles. The summed E-state index contributed by atoms with van der Waals surface area (Å²) in [6.07, 6.45) is -0.277. The summed E-state index contributed by atoms with van der Waals surface area (Å²) in [5.74, 6) is -0.410. The van der Waals surface area contributed by atoms with E-state index in [1.807, 2.05) is 0 Å². The van der Waals surface area contributed by atoms with Gasteiger partial charge in [-0.1, -0.05) is 0 Å². The van der Waals surface area contributed by atoms with E-state index >= 15 is 0 Å². The zero-order valence-corrected chi connectivity index (χ0v) is 9.85. The van der Waals surface area contributed by atoms with Crippen LogP contribution in [0, 0.1) is 5.92 Å². The first-order valence-corrected chi connectivity index (χ1v) is 5.74. The Labute approximate surface area is 106 Å². The highest BCUT2D eigenvalue weighted by molar-refractivity contribution is 5.70. The number of anilines is 1. The summed E-state index contributed by atoms with van der Waals surface area (Å²) in [7, 11) is 0. The average molecular weight is 267 g/mol. The third-order valence-electron chi connectivity index (χ3n) is 3.22. The van der Waals surface area contributed by atoms with Crippen molar-refractivity contribution in [3.63, 3.8) is 0 Å². The van der Waals surface area contributed by atoms with E-state index in [0.717, 1.165) is 0 Å². The second-order valence-corrected chi connectivity index (χ2v) is 4.43. The van der Waals surface area contributed by atoms with Crippen molar-refractivity contribution in [2.45, 2.75) is 12.3 Å². The zero-order chi connectivity index (χ0) is 13.6. The van der Waals surface area contributed by atoms with E-state index in [4.69, 9.17) is 15.6 Å². The Morgan fingerprint density at radius 2 is 2.42 bits per heavy atom. The molecule has 3 atom stereocenters. The molecule has 9 nitrogen and oxygen atoms in total. The Bertz CT molecular complexity index is 665. The molecule has 0 saturated carbocycles. The average Bonchev–Trinajstić information content (AvgIpc) is 2.92. The molecule has 3 heterocycles. The fraction of sp³-hybridized carbons (Fsp3) is 0.500. The van der Waals surface area contributed by atoms with Crippen LogP contribution in [0.25, 0.3) is 11.2 Å². The highest BCUT2D eigenvalue weighted by atomic mass is 16.5. The number of fused-ring (bicyclic) bond motifs is 1. The van der Waals surface area contributed by atoms with Crippen LogP contribution in [-0.4, -0.2) is 49.0 Å². The van der Waals surface area contributed by atoms with E-state index < -0.39 is 17.9 Å². The number of aliphatic hydroxyl groups is 2. The lowest BCUT2D eigenvalue weighted by atomic mass is 10.1. The molecular formula is C10H13N5O4. The monoisotopic (exact) mass is 267 g/mol. The topological polar surface area (TPSA) is 139 Å². The van der Waals surface area contributed by atoms with Gasteiger partial charge in [0.2, 0.25) is 5.95 Å². The second-order valence-electron chi connectivity index (χ2n) is 4.43. The molecule has 3 rings (SSSR count). The molecule has 5 N–H and O–H groups in total. The van der Waals surface area contributed by atoms with Crippen LogP contribution in [0.1, 0.15) is 6.23 Å². The number of nitrogens with two attached hydrogens (primary N) is 1. The van der Waals surface area contributed by atoms with Crippen molar-refractivity contribution < 1.29 is 14.9 Å². The second kappa shape index (κ2) is 4.30. The summed E-state index contributed by atoms with van der Waals surface area (Å²) >= 11 is 0. The lowest BCUT2D eigenvalue weighted by Crippen LogP contribution is -2.26. The van der Waals surface area contributed by atoms with E-state index in [1.54, 1.807) is 0 Å². The molecule has 0 unspecified atom stereocenters. The van der Waals surface area contributed by atoms with Gasteiger partial charge >= 0.3 is 0 Å². The summed E-state index contributed by atoms with van der Waals surface area (Å²) < 4.78 is 6.87. The molecule has 0 aromatic carbocycles. The lowest BCUT2D eigenvalue weighted by Gasteiger charge is -2.17. The zero-order valence-electron chi connectivity index (χ0n) is 9.85. The highest BCUT2D eigenvalue weighted by Crippen LogP contribution is 2.29. The SMILES string of the molecule is Nc1nc2c(ncn2[C@@H]2OC[C@H](CO)[C@H]2O)c(=O)[nH]1. The molecule has 0 bridgehead atoms. The van der Waals surface area contributed by atoms with Crippen LogP contribution in [0.4, 0.5) is 5.95 Å². The molecule has 2 aromatic heterocycles. The largest absolute Gasteiger partial charge is 0.396 e. The van der Waals surface area contributed by atoms with Crippen LogP contribution in [-0.2, 0) is 4.74 Å². The van der Waals surface area contributed by atoms with Crippen molar-refractivity contribution in [2.24, 2.45) is 5.92 Å². The minimum atomic E-state index is -0.898. The van der Waals surface area contributed by atoms with Gasteiger partial charge < -0.3 is 20.7 Å². The van der Waals surface area contributed by atoms with Crippen molar-refractivity contribution in [3.8, 4) is 0 Å². The number of aromatic amines is 1. The van der Waals surface area contributed by atoms with Crippen LogP contribution in [0.5, 0.6) is 0 Å². The number of nitrogen functional groups attached to an aromatic ring is 1. The smallest absolute Gasteiger partial charge is 0.280 e. The van der Waals surface area contributed by atoms with Crippen LogP contribution in [0.2, 0.25) is 0 Å². The standard InChI is InChI=1S/C10H13N5O4/c11-10-13-7-5(8(18)14-10)12-3-15(7)9-6(17)4(1-16)2-19-9/h3-4,6,9,16-17H,1-2H2,(H3,11,13,14,18)/t4-,6+,9+/m0/s1. The number of ether oxygens (including phenoxy) is 1. The van der Waals surface area contributed by atoms with Gasteiger partial charge in [0.05, 0.1) is 19.5 Å². The minimum absolute atomic E-state index is 0.0366. The number of aliphatic hydroxyl groups excluding tert-OH is 2. The maximum Gasteiger partial charge on any atom is 0.280 e. The lowest BCUT2D eigenvalue weighted by molar-refractivity contribution is -0.0108. The van der Waals surface area contributed by atoms with Gasteiger partial charge in [-0.05, 0) is 0 Å². The van der Waals surface area contributed by atoms with E-state index in [0.29, 0.717) is 0 Å². The fourth-order valence-corrected chi connectivity index (χ4v) is 2.19. The Morgan fingerprint density at radius 3 is 3.11 bits per heavy atom. The minimum Gasteiger partial charge on any atom is -0.396 e. The third kappa shape index (κ3) is 1.79. The van der Waals surface area contributed by atoms with Gasteiger partial charge in [-0.3, -0.25) is 14.3 Å². The predicted octanol–water partition coefficient (Wildman–Crippen LogP) is -1.80. The number of aromatic nitrogens is 4. The Balaban J connectivity index is 2.09. The van der Waals surface area contributed by atoms with Gasteiger partial charge in [0, 0.05) is 5.92 Å². The van der Waals surface area contributed by atoms with E-state index in [9.17, 15) is 9.90 Å². The number of hydrogen-bond acceptors (Lipinski definition) is 7. The number of rotatable bonds is 2. The van der Waals surface area contributed by atoms with E-state index in [2.05, 4.69) is 15.0 Å². The predicted molar refractivity (Wildman–Crippen MR) is 64.1 cm³/mol. The number of H-pyrrole nitrogens is 1. The van der Waals surface area contributed by atoms with Gasteiger partial charge in [0.1, 0.15) is 6.10 Å². The highest BCUT2D eigenvalue weighted by Gasteiger charge is 2.37. The van der Waals surface area contributed by atoms with Crippen molar-refractivity contribution in [3.05, 3.63) is 16.7 Å². The summed E-state index contributed by atoms with van der Waals surface area (Å²) in [6, 6.07) is 0. The normalized spacial score (nSPS) is 27.2. The Morgan fingerprint density at radius 1 is 1.63 bits per heavy atom. The molecule has 2 aromatic rings. The Hall–Kier alpha value is -1.97. The first-order valence-electron chi connectivity index (χ1n) is 5.74. The molecule has 0 radical (unpaired) electrons. The molecule has 0 amide bonds. The van der Waals surface area contributed by atoms with Crippen LogP contribution >= 0.6 is 0 Å². The first-order chi connectivity index (χ1) is 9.11. The van der Waals surface area contributed by atoms with E-state index in [1.165, 1.54) is 10.9 Å². The number of imidazole rings is 1. The van der Waals surface area contributed by atoms with Gasteiger partial charge in [0.15, 0.2) is 17.4 Å². The number of hydrogen-bond donors (Lipinski definition) is 4. The number of nitrogens with one attached hydrogen (secondary N) is 1. The summed E-state index contributed by atoms with van der Waals surface area (Å²) in [5, 5.41) is 19.1. The summed E-state index contributed by atoms with van der Waals surface area (Å²) in [6.45, 7) is 0.0428.